The van der Waals surface area contributed by atoms with Crippen molar-refractivity contribution in [3.63, 3.8) is 0 Å². The molecule has 0 aliphatic carbocycles. The quantitative estimate of drug-likeness (QED) is 0.764. The molecular formula is C14H20N2O2. The van der Waals surface area contributed by atoms with Gasteiger partial charge in [-0.1, -0.05) is 30.3 Å². The lowest BCUT2D eigenvalue weighted by Gasteiger charge is -2.15. The van der Waals surface area contributed by atoms with E-state index in [4.69, 9.17) is 4.74 Å². The second-order valence-corrected chi connectivity index (χ2v) is 4.40. The molecule has 18 heavy (non-hydrogen) atoms. The van der Waals surface area contributed by atoms with Crippen LogP contribution in [0.1, 0.15) is 12.5 Å². The number of hydrogen-bond acceptors (Lipinski definition) is 3. The van der Waals surface area contributed by atoms with Crippen LogP contribution in [0.4, 0.5) is 0 Å². The van der Waals surface area contributed by atoms with Crippen LogP contribution in [0, 0.1) is 0 Å². The molecule has 4 heteroatoms. The van der Waals surface area contributed by atoms with Crippen LogP contribution in [0.15, 0.2) is 30.3 Å². The molecule has 4 nitrogen and oxygen atoms in total. The summed E-state index contributed by atoms with van der Waals surface area (Å²) < 4.78 is 5.28. The van der Waals surface area contributed by atoms with Crippen molar-refractivity contribution < 1.29 is 9.53 Å². The average molecular weight is 248 g/mol. The van der Waals surface area contributed by atoms with Gasteiger partial charge in [-0.05, 0) is 18.9 Å². The fraction of sp³-hybridized carbons (Fsp3) is 0.500. The van der Waals surface area contributed by atoms with E-state index >= 15 is 0 Å². The van der Waals surface area contributed by atoms with Crippen LogP contribution in [0.2, 0.25) is 0 Å². The van der Waals surface area contributed by atoms with Gasteiger partial charge in [0.05, 0.1) is 19.3 Å². The fourth-order valence-corrected chi connectivity index (χ4v) is 2.12. The largest absolute Gasteiger partial charge is 0.380 e. The molecule has 0 spiro atoms. The summed E-state index contributed by atoms with van der Waals surface area (Å²) in [6, 6.07) is 10.0. The van der Waals surface area contributed by atoms with E-state index in [-0.39, 0.29) is 11.9 Å². The monoisotopic (exact) mass is 248 g/mol. The van der Waals surface area contributed by atoms with Gasteiger partial charge >= 0.3 is 0 Å². The molecule has 1 fully saturated rings. The van der Waals surface area contributed by atoms with E-state index in [9.17, 15) is 4.79 Å². The van der Waals surface area contributed by atoms with Crippen LogP contribution < -0.4 is 5.32 Å². The topological polar surface area (TPSA) is 41.6 Å². The van der Waals surface area contributed by atoms with Crippen LogP contribution in [-0.2, 0) is 16.0 Å². The molecule has 1 aliphatic rings. The highest BCUT2D eigenvalue weighted by molar-refractivity contribution is 5.84. The molecule has 1 aromatic rings. The van der Waals surface area contributed by atoms with Crippen molar-refractivity contribution in [1.82, 2.24) is 10.2 Å². The summed E-state index contributed by atoms with van der Waals surface area (Å²) in [4.78, 5) is 13.9. The minimum atomic E-state index is -0.0889. The van der Waals surface area contributed by atoms with Crippen LogP contribution in [0.25, 0.3) is 0 Å². The van der Waals surface area contributed by atoms with Gasteiger partial charge in [-0.2, -0.15) is 0 Å². The molecule has 0 radical (unpaired) electrons. The number of nitrogens with zero attached hydrogens (tertiary/aromatic N) is 1. The van der Waals surface area contributed by atoms with Gasteiger partial charge in [-0.15, -0.1) is 0 Å². The Morgan fingerprint density at radius 2 is 2.17 bits per heavy atom. The molecule has 1 atom stereocenters. The van der Waals surface area contributed by atoms with Crippen LogP contribution in [0.5, 0.6) is 0 Å². The fourth-order valence-electron chi connectivity index (χ4n) is 2.12. The lowest BCUT2D eigenvalue weighted by Crippen LogP contribution is -2.33. The minimum Gasteiger partial charge on any atom is -0.380 e. The molecule has 1 N–H and O–H groups in total. The first-order chi connectivity index (χ1) is 8.81. The lowest BCUT2D eigenvalue weighted by molar-refractivity contribution is -0.129. The number of benzene rings is 1. The Bertz CT molecular complexity index is 381. The van der Waals surface area contributed by atoms with Crippen LogP contribution in [0.3, 0.4) is 0 Å². The van der Waals surface area contributed by atoms with Crippen molar-refractivity contribution >= 4 is 5.91 Å². The summed E-state index contributed by atoms with van der Waals surface area (Å²) in [5.41, 5.74) is 1.19. The third kappa shape index (κ3) is 3.31. The van der Waals surface area contributed by atoms with E-state index in [0.717, 1.165) is 6.42 Å². The highest BCUT2D eigenvalue weighted by Crippen LogP contribution is 2.10. The van der Waals surface area contributed by atoms with Crippen molar-refractivity contribution in [3.8, 4) is 0 Å². The molecular weight excluding hydrogens is 228 g/mol. The van der Waals surface area contributed by atoms with Gasteiger partial charge in [0.2, 0.25) is 5.91 Å². The molecule has 2 rings (SSSR count). The van der Waals surface area contributed by atoms with Gasteiger partial charge in [-0.25, -0.2) is 0 Å². The standard InChI is InChI=1S/C14H20N2O2/c1-2-18-9-8-16-11-15-13(14(16)17)10-12-6-4-3-5-7-12/h3-7,13,15H,2,8-11H2,1H3. The Kier molecular flexibility index (Phi) is 4.73. The molecule has 1 unspecified atom stereocenters. The Balaban J connectivity index is 1.83. The smallest absolute Gasteiger partial charge is 0.241 e. The average Bonchev–Trinajstić information content (AvgIpc) is 2.73. The van der Waals surface area contributed by atoms with Gasteiger partial charge in [-0.3, -0.25) is 10.1 Å². The predicted octanol–water partition coefficient (Wildman–Crippen LogP) is 1.02. The van der Waals surface area contributed by atoms with Crippen LogP contribution in [-0.4, -0.2) is 43.3 Å². The number of hydrogen-bond donors (Lipinski definition) is 1. The molecule has 1 saturated heterocycles. The van der Waals surface area contributed by atoms with E-state index < -0.39 is 0 Å². The molecule has 1 aliphatic heterocycles. The predicted molar refractivity (Wildman–Crippen MR) is 70.1 cm³/mol. The van der Waals surface area contributed by atoms with Crippen molar-refractivity contribution in [3.05, 3.63) is 35.9 Å². The molecule has 0 bridgehead atoms. The number of amides is 1. The summed E-state index contributed by atoms with van der Waals surface area (Å²) in [6.07, 6.45) is 0.755. The number of carbonyl (C=O) groups is 1. The third-order valence-corrected chi connectivity index (χ3v) is 3.13. The zero-order chi connectivity index (χ0) is 12.8. The maximum Gasteiger partial charge on any atom is 0.241 e. The van der Waals surface area contributed by atoms with Gasteiger partial charge in [0.25, 0.3) is 0 Å². The summed E-state index contributed by atoms with van der Waals surface area (Å²) in [7, 11) is 0. The molecule has 1 heterocycles. The molecule has 0 saturated carbocycles. The van der Waals surface area contributed by atoms with Gasteiger partial charge < -0.3 is 9.64 Å². The summed E-state index contributed by atoms with van der Waals surface area (Å²) in [6.45, 7) is 4.57. The summed E-state index contributed by atoms with van der Waals surface area (Å²) in [5, 5.41) is 3.25. The Labute approximate surface area is 108 Å². The van der Waals surface area contributed by atoms with Crippen molar-refractivity contribution in [1.29, 1.82) is 0 Å². The van der Waals surface area contributed by atoms with Crippen LogP contribution >= 0.6 is 0 Å². The lowest BCUT2D eigenvalue weighted by atomic mass is 10.1. The second-order valence-electron chi connectivity index (χ2n) is 4.40. The Morgan fingerprint density at radius 3 is 2.89 bits per heavy atom. The van der Waals surface area contributed by atoms with E-state index in [2.05, 4.69) is 17.4 Å². The van der Waals surface area contributed by atoms with E-state index in [1.165, 1.54) is 5.56 Å². The highest BCUT2D eigenvalue weighted by atomic mass is 16.5. The SMILES string of the molecule is CCOCCN1CNC(Cc2ccccc2)C1=O. The number of ether oxygens (including phenoxy) is 1. The van der Waals surface area contributed by atoms with E-state index in [1.54, 1.807) is 0 Å². The summed E-state index contributed by atoms with van der Waals surface area (Å²) >= 11 is 0. The number of rotatable bonds is 6. The molecule has 1 amide bonds. The van der Waals surface area contributed by atoms with Gasteiger partial charge in [0, 0.05) is 13.2 Å². The first-order valence-corrected chi connectivity index (χ1v) is 6.45. The Morgan fingerprint density at radius 1 is 1.39 bits per heavy atom. The molecule has 98 valence electrons. The second kappa shape index (κ2) is 6.52. The van der Waals surface area contributed by atoms with Gasteiger partial charge in [0.1, 0.15) is 0 Å². The minimum absolute atomic E-state index is 0.0889. The maximum absolute atomic E-state index is 12.1. The third-order valence-electron chi connectivity index (χ3n) is 3.13. The first kappa shape index (κ1) is 13.1. The Hall–Kier alpha value is -1.39. The van der Waals surface area contributed by atoms with E-state index in [1.807, 2.05) is 30.0 Å². The molecule has 1 aromatic carbocycles. The molecule has 0 aromatic heterocycles. The van der Waals surface area contributed by atoms with Crippen molar-refractivity contribution in [2.24, 2.45) is 0 Å². The first-order valence-electron chi connectivity index (χ1n) is 6.45. The zero-order valence-corrected chi connectivity index (χ0v) is 10.8. The number of nitrogens with one attached hydrogen (secondary N) is 1. The summed E-state index contributed by atoms with van der Waals surface area (Å²) in [5.74, 6) is 0.179. The van der Waals surface area contributed by atoms with Crippen molar-refractivity contribution in [2.45, 2.75) is 19.4 Å². The number of carbonyl (C=O) groups excluding carboxylic acids is 1. The van der Waals surface area contributed by atoms with Gasteiger partial charge in [0.15, 0.2) is 0 Å². The highest BCUT2D eigenvalue weighted by Gasteiger charge is 2.30. The zero-order valence-electron chi connectivity index (χ0n) is 10.8. The maximum atomic E-state index is 12.1. The normalized spacial score (nSPS) is 19.5. The van der Waals surface area contributed by atoms with Crippen molar-refractivity contribution in [2.75, 3.05) is 26.4 Å². The van der Waals surface area contributed by atoms with E-state index in [0.29, 0.717) is 26.4 Å².